The summed E-state index contributed by atoms with van der Waals surface area (Å²) in [5.41, 5.74) is 6.64. The van der Waals surface area contributed by atoms with Gasteiger partial charge in [-0.25, -0.2) is 0 Å². The van der Waals surface area contributed by atoms with E-state index < -0.39 is 0 Å². The molecule has 0 fully saturated rings. The second kappa shape index (κ2) is 5.98. The molecule has 0 aliphatic rings. The lowest BCUT2D eigenvalue weighted by Crippen LogP contribution is -2.20. The summed E-state index contributed by atoms with van der Waals surface area (Å²) >= 11 is 3.47. The Kier molecular flexibility index (Phi) is 4.91. The highest BCUT2D eigenvalue weighted by atomic mass is 79.9. The van der Waals surface area contributed by atoms with E-state index in [9.17, 15) is 0 Å². The number of hydrogen-bond donors (Lipinski definition) is 1. The number of methoxy groups -OCH3 is 1. The van der Waals surface area contributed by atoms with E-state index in [-0.39, 0.29) is 0 Å². The third kappa shape index (κ3) is 3.39. The van der Waals surface area contributed by atoms with Gasteiger partial charge in [-0.1, -0.05) is 0 Å². The van der Waals surface area contributed by atoms with E-state index in [0.29, 0.717) is 0 Å². The summed E-state index contributed by atoms with van der Waals surface area (Å²) in [4.78, 5) is 2.18. The Morgan fingerprint density at radius 3 is 2.73 bits per heavy atom. The van der Waals surface area contributed by atoms with E-state index >= 15 is 0 Å². The first kappa shape index (κ1) is 12.3. The summed E-state index contributed by atoms with van der Waals surface area (Å²) in [5, 5.41) is 0. The summed E-state index contributed by atoms with van der Waals surface area (Å²) < 4.78 is 6.15. The highest BCUT2D eigenvalue weighted by molar-refractivity contribution is 9.10. The normalized spacial score (nSPS) is 10.1. The number of halogens is 1. The standard InChI is InChI=1S/C11H17BrN2O/c1-14(7-3-6-13)9-4-5-11(15-2)10(12)8-9/h4-5,8H,3,6-7,13H2,1-2H3. The van der Waals surface area contributed by atoms with Crippen LogP contribution in [0.2, 0.25) is 0 Å². The third-order valence-corrected chi connectivity index (χ3v) is 2.89. The number of rotatable bonds is 5. The zero-order valence-electron chi connectivity index (χ0n) is 9.16. The van der Waals surface area contributed by atoms with Crippen molar-refractivity contribution < 1.29 is 4.74 Å². The third-order valence-electron chi connectivity index (χ3n) is 2.27. The van der Waals surface area contributed by atoms with Crippen molar-refractivity contribution in [3.05, 3.63) is 22.7 Å². The van der Waals surface area contributed by atoms with Crippen molar-refractivity contribution in [2.45, 2.75) is 6.42 Å². The maximum absolute atomic E-state index is 5.47. The number of anilines is 1. The van der Waals surface area contributed by atoms with E-state index in [4.69, 9.17) is 10.5 Å². The first-order chi connectivity index (χ1) is 7.19. The van der Waals surface area contributed by atoms with E-state index in [0.717, 1.165) is 35.4 Å². The Hall–Kier alpha value is -0.740. The molecule has 0 atom stereocenters. The number of ether oxygens (including phenoxy) is 1. The van der Waals surface area contributed by atoms with Crippen LogP contribution in [0.15, 0.2) is 22.7 Å². The van der Waals surface area contributed by atoms with Gasteiger partial charge in [0.2, 0.25) is 0 Å². The van der Waals surface area contributed by atoms with E-state index in [1.54, 1.807) is 7.11 Å². The number of nitrogens with zero attached hydrogens (tertiary/aromatic N) is 1. The lowest BCUT2D eigenvalue weighted by atomic mass is 10.2. The smallest absolute Gasteiger partial charge is 0.133 e. The van der Waals surface area contributed by atoms with Gasteiger partial charge in [0.05, 0.1) is 11.6 Å². The van der Waals surface area contributed by atoms with Crippen LogP contribution in [0.4, 0.5) is 5.69 Å². The van der Waals surface area contributed by atoms with Gasteiger partial charge < -0.3 is 15.4 Å². The maximum Gasteiger partial charge on any atom is 0.133 e. The van der Waals surface area contributed by atoms with Crippen molar-refractivity contribution in [2.75, 3.05) is 32.1 Å². The average Bonchev–Trinajstić information content (AvgIpc) is 2.25. The van der Waals surface area contributed by atoms with Crippen LogP contribution < -0.4 is 15.4 Å². The summed E-state index contributed by atoms with van der Waals surface area (Å²) in [5.74, 6) is 0.853. The summed E-state index contributed by atoms with van der Waals surface area (Å²) in [7, 11) is 3.72. The van der Waals surface area contributed by atoms with Crippen molar-refractivity contribution in [1.29, 1.82) is 0 Å². The molecule has 0 spiro atoms. The lowest BCUT2D eigenvalue weighted by molar-refractivity contribution is 0.412. The Morgan fingerprint density at radius 1 is 1.47 bits per heavy atom. The summed E-state index contributed by atoms with van der Waals surface area (Å²) in [6, 6.07) is 6.05. The molecule has 1 aromatic carbocycles. The average molecular weight is 273 g/mol. The fourth-order valence-corrected chi connectivity index (χ4v) is 1.88. The zero-order valence-corrected chi connectivity index (χ0v) is 10.8. The van der Waals surface area contributed by atoms with Crippen LogP contribution in [-0.2, 0) is 0 Å². The Bertz CT molecular complexity index is 317. The molecule has 0 heterocycles. The lowest BCUT2D eigenvalue weighted by Gasteiger charge is -2.19. The molecule has 2 N–H and O–H groups in total. The van der Waals surface area contributed by atoms with Gasteiger partial charge in [-0.15, -0.1) is 0 Å². The maximum atomic E-state index is 5.47. The van der Waals surface area contributed by atoms with E-state index in [1.807, 2.05) is 12.1 Å². The van der Waals surface area contributed by atoms with Crippen molar-refractivity contribution in [3.8, 4) is 5.75 Å². The van der Waals surface area contributed by atoms with Gasteiger partial charge in [0.25, 0.3) is 0 Å². The fourth-order valence-electron chi connectivity index (χ4n) is 1.35. The van der Waals surface area contributed by atoms with Crippen LogP contribution in [-0.4, -0.2) is 27.2 Å². The minimum atomic E-state index is 0.724. The Morgan fingerprint density at radius 2 is 2.20 bits per heavy atom. The summed E-state index contributed by atoms with van der Waals surface area (Å²) in [6.07, 6.45) is 1.00. The van der Waals surface area contributed by atoms with Gasteiger partial charge in [-0.3, -0.25) is 0 Å². The quantitative estimate of drug-likeness (QED) is 0.894. The predicted octanol–water partition coefficient (Wildman–Crippen LogP) is 2.24. The highest BCUT2D eigenvalue weighted by Crippen LogP contribution is 2.29. The molecule has 4 heteroatoms. The molecular weight excluding hydrogens is 256 g/mol. The van der Waals surface area contributed by atoms with Gasteiger partial charge in [-0.05, 0) is 47.1 Å². The van der Waals surface area contributed by atoms with Crippen LogP contribution in [0.1, 0.15) is 6.42 Å². The molecule has 0 saturated heterocycles. The second-order valence-corrected chi connectivity index (χ2v) is 4.24. The van der Waals surface area contributed by atoms with Gasteiger partial charge in [0, 0.05) is 19.3 Å². The topological polar surface area (TPSA) is 38.5 Å². The molecule has 15 heavy (non-hydrogen) atoms. The van der Waals surface area contributed by atoms with Gasteiger partial charge in [0.1, 0.15) is 5.75 Å². The second-order valence-electron chi connectivity index (χ2n) is 3.38. The molecule has 0 aliphatic carbocycles. The number of nitrogens with two attached hydrogens (primary N) is 1. The zero-order chi connectivity index (χ0) is 11.3. The van der Waals surface area contributed by atoms with Crippen molar-refractivity contribution in [1.82, 2.24) is 0 Å². The van der Waals surface area contributed by atoms with Gasteiger partial charge in [0.15, 0.2) is 0 Å². The van der Waals surface area contributed by atoms with Crippen LogP contribution in [0.5, 0.6) is 5.75 Å². The first-order valence-electron chi connectivity index (χ1n) is 4.93. The molecule has 0 aromatic heterocycles. The molecule has 0 aliphatic heterocycles. The molecule has 1 aromatic rings. The van der Waals surface area contributed by atoms with Gasteiger partial charge >= 0.3 is 0 Å². The molecule has 0 unspecified atom stereocenters. The largest absolute Gasteiger partial charge is 0.496 e. The molecule has 0 bridgehead atoms. The molecule has 0 amide bonds. The fraction of sp³-hybridized carbons (Fsp3) is 0.455. The van der Waals surface area contributed by atoms with Crippen LogP contribution in [0.3, 0.4) is 0 Å². The first-order valence-corrected chi connectivity index (χ1v) is 5.73. The summed E-state index contributed by atoms with van der Waals surface area (Å²) in [6.45, 7) is 1.69. The number of hydrogen-bond acceptors (Lipinski definition) is 3. The molecule has 0 saturated carbocycles. The SMILES string of the molecule is COc1ccc(N(C)CCCN)cc1Br. The van der Waals surface area contributed by atoms with Crippen LogP contribution in [0, 0.1) is 0 Å². The number of benzene rings is 1. The van der Waals surface area contributed by atoms with Crippen molar-refractivity contribution in [2.24, 2.45) is 5.73 Å². The minimum absolute atomic E-state index is 0.724. The predicted molar refractivity (Wildman–Crippen MR) is 67.6 cm³/mol. The van der Waals surface area contributed by atoms with E-state index in [2.05, 4.69) is 33.9 Å². The van der Waals surface area contributed by atoms with Crippen molar-refractivity contribution >= 4 is 21.6 Å². The monoisotopic (exact) mass is 272 g/mol. The van der Waals surface area contributed by atoms with E-state index in [1.165, 1.54) is 0 Å². The Labute approximate surface area is 99.3 Å². The van der Waals surface area contributed by atoms with Crippen LogP contribution >= 0.6 is 15.9 Å². The van der Waals surface area contributed by atoms with Crippen molar-refractivity contribution in [3.63, 3.8) is 0 Å². The Balaban J connectivity index is 2.73. The molecule has 84 valence electrons. The molecule has 0 radical (unpaired) electrons. The van der Waals surface area contributed by atoms with Gasteiger partial charge in [-0.2, -0.15) is 0 Å². The van der Waals surface area contributed by atoms with Crippen LogP contribution in [0.25, 0.3) is 0 Å². The molecular formula is C11H17BrN2O. The highest BCUT2D eigenvalue weighted by Gasteiger charge is 2.04. The molecule has 1 rings (SSSR count). The minimum Gasteiger partial charge on any atom is -0.496 e. The molecule has 3 nitrogen and oxygen atoms in total.